The Hall–Kier alpha value is -3.09. The van der Waals surface area contributed by atoms with Crippen LogP contribution in [-0.2, 0) is 9.59 Å². The van der Waals surface area contributed by atoms with Gasteiger partial charge in [0.2, 0.25) is 5.91 Å². The number of carbonyl (C=O) groups excluding carboxylic acids is 2. The number of halogens is 2. The summed E-state index contributed by atoms with van der Waals surface area (Å²) in [5.41, 5.74) is 4.48. The van der Waals surface area contributed by atoms with Crippen LogP contribution < -0.4 is 10.6 Å². The first-order valence-corrected chi connectivity index (χ1v) is 12.7. The summed E-state index contributed by atoms with van der Waals surface area (Å²) in [5, 5.41) is 6.12. The molecule has 35 heavy (non-hydrogen) atoms. The van der Waals surface area contributed by atoms with Crippen LogP contribution in [0.4, 0.5) is 11.4 Å². The molecule has 180 valence electrons. The Balaban J connectivity index is 1.27. The van der Waals surface area contributed by atoms with E-state index in [-0.39, 0.29) is 23.1 Å². The van der Waals surface area contributed by atoms with Crippen LogP contribution in [0.5, 0.6) is 0 Å². The first kappa shape index (κ1) is 23.6. The molecule has 1 heterocycles. The standard InChI is InChI=1S/C27H26Cl2N4O2/c28-19-12-18(13-20(29)14-19)27(35)31-22-10-11-23-24(15-22)33-25(32-23)16-6-8-21(9-7-16)30-26(34)17-4-2-1-3-5-17/h6-12,14-15,17,20H,1-5,13H2,(H,30,34)(H,31,35)(H,32,33). The van der Waals surface area contributed by atoms with Crippen molar-refractivity contribution in [2.75, 3.05) is 10.6 Å². The molecule has 3 N–H and O–H groups in total. The van der Waals surface area contributed by atoms with Crippen molar-refractivity contribution >= 4 is 57.4 Å². The van der Waals surface area contributed by atoms with Gasteiger partial charge in [0, 0.05) is 33.5 Å². The van der Waals surface area contributed by atoms with Gasteiger partial charge in [0.1, 0.15) is 5.82 Å². The molecule has 2 aliphatic rings. The number of allylic oxidation sites excluding steroid dienone is 3. The van der Waals surface area contributed by atoms with E-state index in [0.29, 0.717) is 28.5 Å². The average molecular weight is 509 g/mol. The molecule has 1 aromatic heterocycles. The second-order valence-electron chi connectivity index (χ2n) is 9.11. The number of hydrogen-bond donors (Lipinski definition) is 3. The maximum Gasteiger partial charge on any atom is 0.251 e. The molecule has 1 saturated carbocycles. The van der Waals surface area contributed by atoms with E-state index in [1.165, 1.54) is 6.42 Å². The molecule has 1 fully saturated rings. The maximum atomic E-state index is 12.7. The average Bonchev–Trinajstić information content (AvgIpc) is 3.28. The summed E-state index contributed by atoms with van der Waals surface area (Å²) in [5.74, 6) is 0.713. The second-order valence-corrected chi connectivity index (χ2v) is 10.1. The highest BCUT2D eigenvalue weighted by Crippen LogP contribution is 2.28. The number of rotatable bonds is 5. The van der Waals surface area contributed by atoms with Crippen molar-refractivity contribution in [2.45, 2.75) is 43.9 Å². The lowest BCUT2D eigenvalue weighted by Gasteiger charge is -2.20. The zero-order valence-electron chi connectivity index (χ0n) is 19.1. The van der Waals surface area contributed by atoms with Gasteiger partial charge < -0.3 is 15.6 Å². The minimum absolute atomic E-state index is 0.111. The van der Waals surface area contributed by atoms with Gasteiger partial charge in [0.15, 0.2) is 0 Å². The summed E-state index contributed by atoms with van der Waals surface area (Å²) < 4.78 is 0. The van der Waals surface area contributed by atoms with Crippen molar-refractivity contribution in [2.24, 2.45) is 5.92 Å². The third kappa shape index (κ3) is 5.60. The smallest absolute Gasteiger partial charge is 0.251 e. The van der Waals surface area contributed by atoms with Gasteiger partial charge in [-0.25, -0.2) is 4.98 Å². The van der Waals surface area contributed by atoms with Crippen molar-refractivity contribution in [1.29, 1.82) is 0 Å². The molecule has 0 aliphatic heterocycles. The summed E-state index contributed by atoms with van der Waals surface area (Å²) in [7, 11) is 0. The SMILES string of the molecule is O=C(Nc1ccc2nc(-c3ccc(NC(=O)C4CCCCC4)cc3)[nH]c2c1)C1=CC(Cl)=CC(Cl)C1. The number of carbonyl (C=O) groups is 2. The zero-order chi connectivity index (χ0) is 24.4. The molecule has 2 aliphatic carbocycles. The van der Waals surface area contributed by atoms with Crippen LogP contribution in [0.3, 0.4) is 0 Å². The van der Waals surface area contributed by atoms with E-state index in [4.69, 9.17) is 23.2 Å². The molecule has 1 unspecified atom stereocenters. The van der Waals surface area contributed by atoms with Crippen molar-refractivity contribution in [3.8, 4) is 11.4 Å². The van der Waals surface area contributed by atoms with Crippen molar-refractivity contribution < 1.29 is 9.59 Å². The fraction of sp³-hybridized carbons (Fsp3) is 0.296. The van der Waals surface area contributed by atoms with Crippen LogP contribution in [0.1, 0.15) is 38.5 Å². The van der Waals surface area contributed by atoms with E-state index in [2.05, 4.69) is 20.6 Å². The van der Waals surface area contributed by atoms with Gasteiger partial charge in [-0.3, -0.25) is 9.59 Å². The van der Waals surface area contributed by atoms with Crippen molar-refractivity contribution in [3.05, 3.63) is 65.2 Å². The van der Waals surface area contributed by atoms with E-state index in [1.54, 1.807) is 12.2 Å². The number of amides is 2. The van der Waals surface area contributed by atoms with Crippen LogP contribution in [0, 0.1) is 5.92 Å². The van der Waals surface area contributed by atoms with Crippen LogP contribution in [0.2, 0.25) is 0 Å². The number of H-pyrrole nitrogens is 1. The Morgan fingerprint density at radius 3 is 2.46 bits per heavy atom. The molecule has 8 heteroatoms. The number of imidazole rings is 1. The highest BCUT2D eigenvalue weighted by Gasteiger charge is 2.21. The van der Waals surface area contributed by atoms with Gasteiger partial charge in [-0.05, 0) is 73.9 Å². The van der Waals surface area contributed by atoms with E-state index >= 15 is 0 Å². The molecule has 0 spiro atoms. The number of alkyl halides is 1. The number of aromatic amines is 1. The summed E-state index contributed by atoms with van der Waals surface area (Å²) in [6.45, 7) is 0. The summed E-state index contributed by atoms with van der Waals surface area (Å²) in [4.78, 5) is 33.1. The lowest BCUT2D eigenvalue weighted by Crippen LogP contribution is -2.24. The van der Waals surface area contributed by atoms with E-state index in [9.17, 15) is 9.59 Å². The zero-order valence-corrected chi connectivity index (χ0v) is 20.6. The van der Waals surface area contributed by atoms with Gasteiger partial charge in [-0.2, -0.15) is 0 Å². The number of benzene rings is 2. The van der Waals surface area contributed by atoms with Crippen LogP contribution >= 0.6 is 23.2 Å². The minimum atomic E-state index is -0.294. The quantitative estimate of drug-likeness (QED) is 0.333. The highest BCUT2D eigenvalue weighted by molar-refractivity contribution is 6.33. The number of nitrogens with one attached hydrogen (secondary N) is 3. The highest BCUT2D eigenvalue weighted by atomic mass is 35.5. The molecular formula is C27H26Cl2N4O2. The van der Waals surface area contributed by atoms with Gasteiger partial charge in [0.05, 0.1) is 16.4 Å². The normalized spacial score (nSPS) is 18.6. The Bertz CT molecular complexity index is 1320. The predicted molar refractivity (Wildman–Crippen MR) is 142 cm³/mol. The van der Waals surface area contributed by atoms with Crippen LogP contribution in [0.25, 0.3) is 22.4 Å². The maximum absolute atomic E-state index is 12.7. The molecule has 2 amide bonds. The third-order valence-electron chi connectivity index (χ3n) is 6.50. The van der Waals surface area contributed by atoms with Gasteiger partial charge in [-0.1, -0.05) is 30.9 Å². The molecule has 1 atom stereocenters. The molecule has 5 rings (SSSR count). The minimum Gasteiger partial charge on any atom is -0.338 e. The fourth-order valence-electron chi connectivity index (χ4n) is 4.63. The number of hydrogen-bond acceptors (Lipinski definition) is 3. The lowest BCUT2D eigenvalue weighted by molar-refractivity contribution is -0.120. The Morgan fingerprint density at radius 1 is 0.971 bits per heavy atom. The summed E-state index contributed by atoms with van der Waals surface area (Å²) in [6, 6.07) is 13.2. The number of fused-ring (bicyclic) bond motifs is 1. The molecular weight excluding hydrogens is 483 g/mol. The Labute approximate surface area is 213 Å². The number of anilines is 2. The number of aromatic nitrogens is 2. The molecule has 6 nitrogen and oxygen atoms in total. The van der Waals surface area contributed by atoms with Crippen molar-refractivity contribution in [3.63, 3.8) is 0 Å². The fourth-order valence-corrected chi connectivity index (χ4v) is 5.28. The monoisotopic (exact) mass is 508 g/mol. The van der Waals surface area contributed by atoms with E-state index in [0.717, 1.165) is 48.0 Å². The van der Waals surface area contributed by atoms with Crippen LogP contribution in [0.15, 0.2) is 65.2 Å². The molecule has 0 bridgehead atoms. The lowest BCUT2D eigenvalue weighted by atomic mass is 9.88. The summed E-state index contributed by atoms with van der Waals surface area (Å²) in [6.07, 6.45) is 9.22. The van der Waals surface area contributed by atoms with Crippen LogP contribution in [-0.4, -0.2) is 27.2 Å². The van der Waals surface area contributed by atoms with Gasteiger partial charge >= 0.3 is 0 Å². The first-order chi connectivity index (χ1) is 16.9. The van der Waals surface area contributed by atoms with E-state index in [1.807, 2.05) is 42.5 Å². The second kappa shape index (κ2) is 10.3. The largest absolute Gasteiger partial charge is 0.338 e. The topological polar surface area (TPSA) is 86.9 Å². The summed E-state index contributed by atoms with van der Waals surface area (Å²) >= 11 is 12.2. The molecule has 2 aromatic carbocycles. The van der Waals surface area contributed by atoms with E-state index < -0.39 is 0 Å². The molecule has 3 aromatic rings. The number of nitrogens with zero attached hydrogens (tertiary/aromatic N) is 1. The van der Waals surface area contributed by atoms with Gasteiger partial charge in [-0.15, -0.1) is 11.6 Å². The molecule has 0 saturated heterocycles. The predicted octanol–water partition coefficient (Wildman–Crippen LogP) is 6.75. The van der Waals surface area contributed by atoms with Gasteiger partial charge in [0.25, 0.3) is 5.91 Å². The third-order valence-corrected chi connectivity index (χ3v) is 7.02. The first-order valence-electron chi connectivity index (χ1n) is 11.9. The van der Waals surface area contributed by atoms with Crippen molar-refractivity contribution in [1.82, 2.24) is 9.97 Å². The Kier molecular flexibility index (Phi) is 6.93. The molecule has 0 radical (unpaired) electrons. The Morgan fingerprint density at radius 2 is 1.71 bits per heavy atom.